The van der Waals surface area contributed by atoms with Gasteiger partial charge < -0.3 is 9.73 Å². The van der Waals surface area contributed by atoms with Gasteiger partial charge in [-0.25, -0.2) is 4.79 Å². The van der Waals surface area contributed by atoms with Gasteiger partial charge in [0.15, 0.2) is 0 Å². The van der Waals surface area contributed by atoms with Crippen molar-refractivity contribution in [2.45, 2.75) is 6.18 Å². The summed E-state index contributed by atoms with van der Waals surface area (Å²) in [7, 11) is 0. The number of halogens is 3. The molecule has 1 heterocycles. The van der Waals surface area contributed by atoms with E-state index in [1.54, 1.807) is 12.1 Å². The maximum Gasteiger partial charge on any atom is 0.418 e. The summed E-state index contributed by atoms with van der Waals surface area (Å²) in [6, 6.07) is 10.9. The minimum absolute atomic E-state index is 0.0258. The number of hydrogen-bond acceptors (Lipinski definition) is 3. The molecule has 0 atom stereocenters. The van der Waals surface area contributed by atoms with Crippen LogP contribution in [0.2, 0.25) is 0 Å². The van der Waals surface area contributed by atoms with E-state index in [2.05, 4.69) is 5.32 Å². The Morgan fingerprint density at radius 2 is 1.58 bits per heavy atom. The normalized spacial score (nSPS) is 11.5. The molecule has 24 heavy (non-hydrogen) atoms. The number of anilines is 1. The molecule has 2 aromatic carbocycles. The smallest absolute Gasteiger partial charge is 0.418 e. The van der Waals surface area contributed by atoms with Gasteiger partial charge >= 0.3 is 11.8 Å². The van der Waals surface area contributed by atoms with Crippen LogP contribution in [0.4, 0.5) is 18.9 Å². The summed E-state index contributed by atoms with van der Waals surface area (Å²) in [6.45, 7) is 0. The van der Waals surface area contributed by atoms with Gasteiger partial charge in [-0.2, -0.15) is 13.2 Å². The van der Waals surface area contributed by atoms with E-state index in [0.717, 1.165) is 18.4 Å². The van der Waals surface area contributed by atoms with E-state index in [1.165, 1.54) is 24.3 Å². The fraction of sp³-hybridized carbons (Fsp3) is 0.0588. The summed E-state index contributed by atoms with van der Waals surface area (Å²) >= 11 is 0. The molecule has 0 aliphatic rings. The van der Waals surface area contributed by atoms with Crippen molar-refractivity contribution in [3.05, 3.63) is 76.3 Å². The van der Waals surface area contributed by atoms with E-state index < -0.39 is 23.3 Å². The third-order valence-electron chi connectivity index (χ3n) is 3.45. The number of alkyl halides is 3. The van der Waals surface area contributed by atoms with Crippen LogP contribution in [0.1, 0.15) is 15.9 Å². The lowest BCUT2D eigenvalue weighted by Crippen LogP contribution is -2.17. The molecule has 0 radical (unpaired) electrons. The molecule has 0 bridgehead atoms. The van der Waals surface area contributed by atoms with Gasteiger partial charge in [0.05, 0.1) is 22.2 Å². The lowest BCUT2D eigenvalue weighted by molar-refractivity contribution is -0.136. The molecule has 0 spiro atoms. The molecular formula is C17H10F3NO3. The predicted octanol–water partition coefficient (Wildman–Crippen LogP) is 4.06. The molecule has 0 saturated heterocycles. The first kappa shape index (κ1) is 15.8. The first-order valence-electron chi connectivity index (χ1n) is 6.86. The topological polar surface area (TPSA) is 59.3 Å². The summed E-state index contributed by atoms with van der Waals surface area (Å²) in [6.07, 6.45) is -3.66. The molecule has 0 unspecified atom stereocenters. The van der Waals surface area contributed by atoms with Gasteiger partial charge in [0.25, 0.3) is 5.91 Å². The molecule has 0 saturated carbocycles. The molecule has 0 aliphatic carbocycles. The Kier molecular flexibility index (Phi) is 3.84. The number of carbonyl (C=O) groups is 1. The monoisotopic (exact) mass is 333 g/mol. The maximum atomic E-state index is 13.0. The van der Waals surface area contributed by atoms with E-state index in [0.29, 0.717) is 5.39 Å². The maximum absolute atomic E-state index is 13.0. The third kappa shape index (κ3) is 2.88. The van der Waals surface area contributed by atoms with Crippen molar-refractivity contribution < 1.29 is 22.4 Å². The van der Waals surface area contributed by atoms with Crippen LogP contribution in [0.3, 0.4) is 0 Å². The highest BCUT2D eigenvalue weighted by Crippen LogP contribution is 2.34. The summed E-state index contributed by atoms with van der Waals surface area (Å²) in [5, 5.41) is 2.70. The largest absolute Gasteiger partial charge is 0.430 e. The summed E-state index contributed by atoms with van der Waals surface area (Å²) in [4.78, 5) is 24.0. The van der Waals surface area contributed by atoms with Crippen LogP contribution in [0.5, 0.6) is 0 Å². The molecule has 0 aliphatic heterocycles. The zero-order chi connectivity index (χ0) is 17.3. The Morgan fingerprint density at radius 3 is 2.29 bits per heavy atom. The van der Waals surface area contributed by atoms with E-state index in [1.807, 2.05) is 0 Å². The quantitative estimate of drug-likeness (QED) is 0.769. The van der Waals surface area contributed by atoms with Gasteiger partial charge in [0.1, 0.15) is 6.26 Å². The van der Waals surface area contributed by atoms with Crippen molar-refractivity contribution in [3.8, 4) is 0 Å². The standard InChI is InChI=1S/C17H10F3NO3/c18-17(19,20)13-7-3-4-8-14(13)21-15(22)12-9-24-16(23)11-6-2-1-5-10(11)12/h1-9H,(H,21,22). The van der Waals surface area contributed by atoms with Gasteiger partial charge in [-0.15, -0.1) is 0 Å². The first-order chi connectivity index (χ1) is 11.4. The number of nitrogens with one attached hydrogen (secondary N) is 1. The van der Waals surface area contributed by atoms with Crippen molar-refractivity contribution in [1.29, 1.82) is 0 Å². The second kappa shape index (κ2) is 5.84. The fourth-order valence-corrected chi connectivity index (χ4v) is 2.34. The van der Waals surface area contributed by atoms with Crippen LogP contribution in [-0.4, -0.2) is 5.91 Å². The molecule has 1 aromatic heterocycles. The van der Waals surface area contributed by atoms with Crippen molar-refractivity contribution in [2.75, 3.05) is 5.32 Å². The molecular weight excluding hydrogens is 323 g/mol. The molecule has 122 valence electrons. The van der Waals surface area contributed by atoms with Gasteiger partial charge in [-0.05, 0) is 18.2 Å². The van der Waals surface area contributed by atoms with Crippen LogP contribution in [0.15, 0.2) is 64.0 Å². The zero-order valence-electron chi connectivity index (χ0n) is 12.1. The molecule has 7 heteroatoms. The zero-order valence-corrected chi connectivity index (χ0v) is 12.1. The molecule has 1 amide bonds. The van der Waals surface area contributed by atoms with Crippen LogP contribution in [-0.2, 0) is 6.18 Å². The van der Waals surface area contributed by atoms with Gasteiger partial charge in [0.2, 0.25) is 0 Å². The number of benzene rings is 2. The second-order valence-corrected chi connectivity index (χ2v) is 4.98. The number of rotatable bonds is 2. The minimum Gasteiger partial charge on any atom is -0.430 e. The summed E-state index contributed by atoms with van der Waals surface area (Å²) in [5.41, 5.74) is -1.98. The van der Waals surface area contributed by atoms with Gasteiger partial charge in [-0.1, -0.05) is 30.3 Å². The molecule has 0 fully saturated rings. The first-order valence-corrected chi connectivity index (χ1v) is 6.86. The molecule has 3 aromatic rings. The Morgan fingerprint density at radius 1 is 0.958 bits per heavy atom. The Bertz CT molecular complexity index is 976. The van der Waals surface area contributed by atoms with Crippen LogP contribution in [0, 0.1) is 0 Å². The van der Waals surface area contributed by atoms with E-state index >= 15 is 0 Å². The SMILES string of the molecule is O=C(Nc1ccccc1C(F)(F)F)c1coc(=O)c2ccccc12. The average Bonchev–Trinajstić information content (AvgIpc) is 2.55. The summed E-state index contributed by atoms with van der Waals surface area (Å²) in [5.74, 6) is -0.799. The Balaban J connectivity index is 2.04. The number of carbonyl (C=O) groups excluding carboxylic acids is 1. The highest BCUT2D eigenvalue weighted by atomic mass is 19.4. The fourth-order valence-electron chi connectivity index (χ4n) is 2.34. The van der Waals surface area contributed by atoms with Gasteiger partial charge in [-0.3, -0.25) is 4.79 Å². The Labute approximate surface area is 133 Å². The van der Waals surface area contributed by atoms with Crippen molar-refractivity contribution in [2.24, 2.45) is 0 Å². The van der Waals surface area contributed by atoms with Gasteiger partial charge in [0, 0.05) is 5.39 Å². The lowest BCUT2D eigenvalue weighted by atomic mass is 10.1. The lowest BCUT2D eigenvalue weighted by Gasteiger charge is -2.13. The Hall–Kier alpha value is -3.09. The highest BCUT2D eigenvalue weighted by Gasteiger charge is 2.33. The van der Waals surface area contributed by atoms with Crippen LogP contribution in [0.25, 0.3) is 10.8 Å². The minimum atomic E-state index is -4.60. The molecule has 1 N–H and O–H groups in total. The number of para-hydroxylation sites is 1. The van der Waals surface area contributed by atoms with E-state index in [4.69, 9.17) is 4.42 Å². The van der Waals surface area contributed by atoms with Crippen molar-refractivity contribution in [1.82, 2.24) is 0 Å². The second-order valence-electron chi connectivity index (χ2n) is 4.98. The number of hydrogen-bond donors (Lipinski definition) is 1. The van der Waals surface area contributed by atoms with Crippen molar-refractivity contribution >= 4 is 22.4 Å². The molecule has 4 nitrogen and oxygen atoms in total. The van der Waals surface area contributed by atoms with Crippen molar-refractivity contribution in [3.63, 3.8) is 0 Å². The predicted molar refractivity (Wildman–Crippen MR) is 81.9 cm³/mol. The van der Waals surface area contributed by atoms with E-state index in [9.17, 15) is 22.8 Å². The van der Waals surface area contributed by atoms with Crippen LogP contribution < -0.4 is 10.9 Å². The number of fused-ring (bicyclic) bond motifs is 1. The molecule has 3 rings (SSSR count). The van der Waals surface area contributed by atoms with Crippen LogP contribution >= 0.6 is 0 Å². The van der Waals surface area contributed by atoms with E-state index in [-0.39, 0.29) is 16.6 Å². The number of amides is 1. The highest BCUT2D eigenvalue weighted by molar-refractivity contribution is 6.12. The third-order valence-corrected chi connectivity index (χ3v) is 3.45. The summed E-state index contributed by atoms with van der Waals surface area (Å²) < 4.78 is 43.8. The average molecular weight is 333 g/mol.